The van der Waals surface area contributed by atoms with Gasteiger partial charge in [0.25, 0.3) is 0 Å². The van der Waals surface area contributed by atoms with Crippen LogP contribution < -0.4 is 0 Å². The lowest BCUT2D eigenvalue weighted by atomic mass is 10.00. The summed E-state index contributed by atoms with van der Waals surface area (Å²) >= 11 is 0. The predicted molar refractivity (Wildman–Crippen MR) is 113 cm³/mol. The molecule has 28 heavy (non-hydrogen) atoms. The number of aromatic nitrogens is 2. The van der Waals surface area contributed by atoms with Crippen molar-refractivity contribution in [3.05, 3.63) is 97.1 Å². The molecule has 0 aliphatic heterocycles. The molecule has 0 radical (unpaired) electrons. The van der Waals surface area contributed by atoms with Crippen molar-refractivity contribution in [1.29, 1.82) is 0 Å². The molecular formula is C25H16N2O. The smallest absolute Gasteiger partial charge is 0.307 e. The lowest BCUT2D eigenvalue weighted by Crippen LogP contribution is -1.83. The minimum atomic E-state index is 0.629. The average molecular weight is 360 g/mol. The molecule has 3 nitrogen and oxygen atoms in total. The van der Waals surface area contributed by atoms with Gasteiger partial charge in [0, 0.05) is 5.56 Å². The third-order valence-electron chi connectivity index (χ3n) is 5.26. The summed E-state index contributed by atoms with van der Waals surface area (Å²) in [6, 6.07) is 33.4. The van der Waals surface area contributed by atoms with Crippen molar-refractivity contribution in [2.75, 3.05) is 0 Å². The molecule has 0 aliphatic carbocycles. The van der Waals surface area contributed by atoms with Gasteiger partial charge in [-0.15, -0.1) is 0 Å². The largest absolute Gasteiger partial charge is 0.422 e. The fourth-order valence-corrected chi connectivity index (χ4v) is 3.90. The molecule has 6 aromatic rings. The van der Waals surface area contributed by atoms with Crippen molar-refractivity contribution in [3.8, 4) is 22.3 Å². The van der Waals surface area contributed by atoms with Crippen LogP contribution in [0.25, 0.3) is 50.2 Å². The summed E-state index contributed by atoms with van der Waals surface area (Å²) in [5.41, 5.74) is 8.54. The Kier molecular flexibility index (Phi) is 3.17. The second-order valence-electron chi connectivity index (χ2n) is 6.92. The van der Waals surface area contributed by atoms with E-state index in [1.54, 1.807) is 0 Å². The van der Waals surface area contributed by atoms with Crippen LogP contribution in [0.1, 0.15) is 0 Å². The Bertz CT molecular complexity index is 1440. The number of para-hydroxylation sites is 3. The molecule has 0 spiro atoms. The summed E-state index contributed by atoms with van der Waals surface area (Å²) < 4.78 is 8.28. The summed E-state index contributed by atoms with van der Waals surface area (Å²) in [6.45, 7) is 0. The molecule has 0 saturated heterocycles. The number of benzene rings is 4. The van der Waals surface area contributed by atoms with Gasteiger partial charge in [-0.2, -0.15) is 4.98 Å². The lowest BCUT2D eigenvalue weighted by molar-refractivity contribution is 0.644. The van der Waals surface area contributed by atoms with Crippen LogP contribution in [0.2, 0.25) is 0 Å². The van der Waals surface area contributed by atoms with Crippen molar-refractivity contribution in [3.63, 3.8) is 0 Å². The van der Waals surface area contributed by atoms with E-state index in [9.17, 15) is 0 Å². The Morgan fingerprint density at radius 1 is 0.571 bits per heavy atom. The Hall–Kier alpha value is -3.85. The minimum Gasteiger partial charge on any atom is -0.422 e. The normalized spacial score (nSPS) is 11.6. The summed E-state index contributed by atoms with van der Waals surface area (Å²) in [7, 11) is 0. The van der Waals surface area contributed by atoms with Crippen LogP contribution in [0.15, 0.2) is 101 Å². The third kappa shape index (κ3) is 2.20. The van der Waals surface area contributed by atoms with Gasteiger partial charge in [0.1, 0.15) is 0 Å². The number of nitrogens with zero attached hydrogens (tertiary/aromatic N) is 2. The highest BCUT2D eigenvalue weighted by molar-refractivity contribution is 5.95. The zero-order valence-corrected chi connectivity index (χ0v) is 15.0. The zero-order chi connectivity index (χ0) is 18.5. The number of hydrogen-bond acceptors (Lipinski definition) is 2. The summed E-state index contributed by atoms with van der Waals surface area (Å²) in [5, 5.41) is 0. The zero-order valence-electron chi connectivity index (χ0n) is 15.0. The topological polar surface area (TPSA) is 30.4 Å². The van der Waals surface area contributed by atoms with Gasteiger partial charge in [-0.3, -0.25) is 4.40 Å². The van der Waals surface area contributed by atoms with Crippen LogP contribution in [0.3, 0.4) is 0 Å². The van der Waals surface area contributed by atoms with Gasteiger partial charge in [-0.05, 0) is 34.9 Å². The molecular weight excluding hydrogens is 344 g/mol. The Balaban J connectivity index is 1.53. The van der Waals surface area contributed by atoms with Crippen LogP contribution >= 0.6 is 0 Å². The van der Waals surface area contributed by atoms with Crippen molar-refractivity contribution in [2.45, 2.75) is 0 Å². The SMILES string of the molecule is c1ccc(-c2ccc(-c3cccc4c3oc3nc5ccccc5n34)cc2)cc1. The fraction of sp³-hybridized carbons (Fsp3) is 0. The first kappa shape index (κ1) is 15.2. The van der Waals surface area contributed by atoms with Crippen molar-refractivity contribution in [2.24, 2.45) is 0 Å². The van der Waals surface area contributed by atoms with E-state index >= 15 is 0 Å². The minimum absolute atomic E-state index is 0.629. The van der Waals surface area contributed by atoms with E-state index < -0.39 is 0 Å². The highest BCUT2D eigenvalue weighted by Gasteiger charge is 2.15. The molecule has 3 heteroatoms. The van der Waals surface area contributed by atoms with E-state index in [1.165, 1.54) is 11.1 Å². The van der Waals surface area contributed by atoms with Gasteiger partial charge in [0.05, 0.1) is 16.6 Å². The van der Waals surface area contributed by atoms with Crippen molar-refractivity contribution in [1.82, 2.24) is 9.38 Å². The molecule has 0 N–H and O–H groups in total. The maximum Gasteiger partial charge on any atom is 0.307 e. The first-order chi connectivity index (χ1) is 13.9. The predicted octanol–water partition coefficient (Wildman–Crippen LogP) is 6.57. The second kappa shape index (κ2) is 5.83. The van der Waals surface area contributed by atoms with E-state index in [-0.39, 0.29) is 0 Å². The highest BCUT2D eigenvalue weighted by Crippen LogP contribution is 2.34. The summed E-state index contributed by atoms with van der Waals surface area (Å²) in [6.07, 6.45) is 0. The first-order valence-electron chi connectivity index (χ1n) is 9.33. The average Bonchev–Trinajstić information content (AvgIpc) is 3.30. The molecule has 0 fully saturated rings. The van der Waals surface area contributed by atoms with Gasteiger partial charge in [0.15, 0.2) is 5.58 Å². The number of imidazole rings is 1. The Morgan fingerprint density at radius 2 is 1.25 bits per heavy atom. The van der Waals surface area contributed by atoms with Gasteiger partial charge in [-0.25, -0.2) is 0 Å². The number of hydrogen-bond donors (Lipinski definition) is 0. The van der Waals surface area contributed by atoms with E-state index in [0.717, 1.165) is 33.3 Å². The first-order valence-corrected chi connectivity index (χ1v) is 9.33. The molecule has 6 rings (SSSR count). The lowest BCUT2D eigenvalue weighted by Gasteiger charge is -2.05. The molecule has 0 bridgehead atoms. The van der Waals surface area contributed by atoms with Crippen LogP contribution in [0.5, 0.6) is 0 Å². The summed E-state index contributed by atoms with van der Waals surface area (Å²) in [4.78, 5) is 4.64. The quantitative estimate of drug-likeness (QED) is 0.350. The number of rotatable bonds is 2. The molecule has 0 atom stereocenters. The second-order valence-corrected chi connectivity index (χ2v) is 6.92. The van der Waals surface area contributed by atoms with E-state index in [4.69, 9.17) is 4.42 Å². The van der Waals surface area contributed by atoms with Gasteiger partial charge in [-0.1, -0.05) is 78.9 Å². The van der Waals surface area contributed by atoms with Gasteiger partial charge >= 0.3 is 5.84 Å². The van der Waals surface area contributed by atoms with Crippen LogP contribution in [0, 0.1) is 0 Å². The third-order valence-corrected chi connectivity index (χ3v) is 5.26. The van der Waals surface area contributed by atoms with E-state index in [1.807, 2.05) is 24.3 Å². The molecule has 0 saturated carbocycles. The van der Waals surface area contributed by atoms with Gasteiger partial charge in [0.2, 0.25) is 0 Å². The molecule has 2 aromatic heterocycles. The Morgan fingerprint density at radius 3 is 2.11 bits per heavy atom. The Labute approximate surface area is 161 Å². The number of oxazole rings is 1. The molecule has 0 amide bonds. The fourth-order valence-electron chi connectivity index (χ4n) is 3.90. The highest BCUT2D eigenvalue weighted by atomic mass is 16.4. The van der Waals surface area contributed by atoms with E-state index in [2.05, 4.69) is 82.2 Å². The van der Waals surface area contributed by atoms with Crippen LogP contribution in [0.4, 0.5) is 0 Å². The van der Waals surface area contributed by atoms with Gasteiger partial charge < -0.3 is 4.42 Å². The molecule has 0 aliphatic rings. The molecule has 2 heterocycles. The molecule has 4 aromatic carbocycles. The van der Waals surface area contributed by atoms with Crippen molar-refractivity contribution >= 4 is 28.0 Å². The molecule has 0 unspecified atom stereocenters. The van der Waals surface area contributed by atoms with E-state index in [0.29, 0.717) is 5.84 Å². The van der Waals surface area contributed by atoms with Crippen LogP contribution in [-0.4, -0.2) is 9.38 Å². The summed E-state index contributed by atoms with van der Waals surface area (Å²) in [5.74, 6) is 0.629. The maximum atomic E-state index is 6.19. The maximum absolute atomic E-state index is 6.19. The van der Waals surface area contributed by atoms with Crippen molar-refractivity contribution < 1.29 is 4.42 Å². The molecule has 132 valence electrons. The standard InChI is InChI=1S/C25H16N2O/c1-2-7-17(8-3-1)18-13-15-19(16-14-18)20-9-6-12-23-24(20)28-25-26-21-10-4-5-11-22(21)27(23)25/h1-16H. The number of fused-ring (bicyclic) bond motifs is 5. The monoisotopic (exact) mass is 360 g/mol. The van der Waals surface area contributed by atoms with Crippen LogP contribution in [-0.2, 0) is 0 Å².